The van der Waals surface area contributed by atoms with Crippen LogP contribution in [0.25, 0.3) is 0 Å². The van der Waals surface area contributed by atoms with Crippen molar-refractivity contribution in [3.05, 3.63) is 22.6 Å². The number of hydrogen-bond donors (Lipinski definition) is 1. The van der Waals surface area contributed by atoms with Crippen molar-refractivity contribution in [1.29, 1.82) is 0 Å². The van der Waals surface area contributed by atoms with Gasteiger partial charge in [0.05, 0.1) is 24.2 Å². The molecule has 1 saturated carbocycles. The lowest BCUT2D eigenvalue weighted by molar-refractivity contribution is 0.445. The van der Waals surface area contributed by atoms with Crippen LogP contribution in [0.2, 0.25) is 0 Å². The second-order valence-electron chi connectivity index (χ2n) is 4.81. The van der Waals surface area contributed by atoms with Crippen molar-refractivity contribution in [1.82, 2.24) is 9.78 Å². The molecule has 19 heavy (non-hydrogen) atoms. The molecule has 0 aromatic carbocycles. The van der Waals surface area contributed by atoms with Crippen LogP contribution in [0.1, 0.15) is 26.2 Å². The Bertz CT molecular complexity index is 590. The molecule has 2 rings (SSSR count). The highest BCUT2D eigenvalue weighted by atomic mass is 32.2. The first-order chi connectivity index (χ1) is 9.00. The third-order valence-corrected chi connectivity index (χ3v) is 5.08. The number of aryl methyl sites for hydroxylation is 1. The van der Waals surface area contributed by atoms with Gasteiger partial charge in [0.1, 0.15) is 0 Å². The molecule has 0 amide bonds. The lowest BCUT2D eigenvalue weighted by Crippen LogP contribution is -2.30. The number of hydrogen-bond acceptors (Lipinski definition) is 5. The monoisotopic (exact) mass is 285 g/mol. The first kappa shape index (κ1) is 14.0. The molecule has 0 unspecified atom stereocenters. The van der Waals surface area contributed by atoms with E-state index in [2.05, 4.69) is 10.4 Å². The van der Waals surface area contributed by atoms with Crippen molar-refractivity contribution in [2.24, 2.45) is 0 Å². The van der Waals surface area contributed by atoms with E-state index in [0.717, 1.165) is 12.8 Å². The molecule has 7 heteroatoms. The first-order valence-corrected chi connectivity index (χ1v) is 8.36. The first-order valence-electron chi connectivity index (χ1n) is 6.54. The van der Waals surface area contributed by atoms with Crippen molar-refractivity contribution in [3.63, 3.8) is 0 Å². The van der Waals surface area contributed by atoms with E-state index in [1.807, 2.05) is 0 Å². The van der Waals surface area contributed by atoms with Gasteiger partial charge in [-0.1, -0.05) is 6.92 Å². The van der Waals surface area contributed by atoms with Crippen LogP contribution in [0.15, 0.2) is 17.1 Å². The molecule has 6 nitrogen and oxygen atoms in total. The fraction of sp³-hybridized carbons (Fsp3) is 0.667. The van der Waals surface area contributed by atoms with Crippen molar-refractivity contribution in [2.75, 3.05) is 16.8 Å². The van der Waals surface area contributed by atoms with Gasteiger partial charge < -0.3 is 5.32 Å². The normalized spacial score (nSPS) is 16.1. The molecule has 106 valence electrons. The number of nitrogens with one attached hydrogen (secondary N) is 1. The summed E-state index contributed by atoms with van der Waals surface area (Å²) in [7, 11) is -3.07. The Morgan fingerprint density at radius 1 is 1.47 bits per heavy atom. The summed E-state index contributed by atoms with van der Waals surface area (Å²) in [6.45, 7) is 1.70. The summed E-state index contributed by atoms with van der Waals surface area (Å²) in [4.78, 5) is 11.8. The lowest BCUT2D eigenvalue weighted by Gasteiger charge is -2.27. The fourth-order valence-electron chi connectivity index (χ4n) is 1.84. The summed E-state index contributed by atoms with van der Waals surface area (Å²) in [6, 6.07) is 1.92. The van der Waals surface area contributed by atoms with E-state index in [1.54, 1.807) is 13.1 Å². The third-order valence-electron chi connectivity index (χ3n) is 3.40. The average molecular weight is 285 g/mol. The maximum absolute atomic E-state index is 11.8. The maximum atomic E-state index is 11.8. The average Bonchev–Trinajstić information content (AvgIpc) is 2.33. The molecule has 1 fully saturated rings. The van der Waals surface area contributed by atoms with Crippen molar-refractivity contribution >= 4 is 15.5 Å². The van der Waals surface area contributed by atoms with Crippen LogP contribution < -0.4 is 10.9 Å². The Morgan fingerprint density at radius 2 is 2.21 bits per heavy atom. The Morgan fingerprint density at radius 3 is 2.74 bits per heavy atom. The minimum Gasteiger partial charge on any atom is -0.381 e. The molecule has 1 aliphatic rings. The molecular formula is C12H19N3O3S. The van der Waals surface area contributed by atoms with Crippen LogP contribution in [0.4, 0.5) is 5.69 Å². The molecule has 0 spiro atoms. The number of nitrogens with zero attached hydrogens (tertiary/aromatic N) is 2. The molecule has 1 aliphatic carbocycles. The van der Waals surface area contributed by atoms with Crippen molar-refractivity contribution in [2.45, 2.75) is 38.8 Å². The van der Waals surface area contributed by atoms with Gasteiger partial charge in [-0.05, 0) is 19.3 Å². The highest BCUT2D eigenvalue weighted by molar-refractivity contribution is 7.91. The highest BCUT2D eigenvalue weighted by Crippen LogP contribution is 2.21. The van der Waals surface area contributed by atoms with E-state index >= 15 is 0 Å². The predicted molar refractivity (Wildman–Crippen MR) is 74.1 cm³/mol. The van der Waals surface area contributed by atoms with Crippen LogP contribution >= 0.6 is 0 Å². The lowest BCUT2D eigenvalue weighted by atomic mass is 9.93. The molecular weight excluding hydrogens is 266 g/mol. The molecule has 0 aliphatic heterocycles. The summed E-state index contributed by atoms with van der Waals surface area (Å²) >= 11 is 0. The Balaban J connectivity index is 2.00. The molecule has 0 saturated heterocycles. The largest absolute Gasteiger partial charge is 0.381 e. The van der Waals surface area contributed by atoms with Gasteiger partial charge in [-0.25, -0.2) is 13.1 Å². The summed E-state index contributed by atoms with van der Waals surface area (Å²) in [5.41, 5.74) is 0.444. The van der Waals surface area contributed by atoms with Crippen molar-refractivity contribution in [3.8, 4) is 0 Å². The minimum atomic E-state index is -3.07. The number of rotatable bonds is 6. The second kappa shape index (κ2) is 5.73. The molecule has 0 atom stereocenters. The molecule has 1 aromatic heterocycles. The van der Waals surface area contributed by atoms with Crippen molar-refractivity contribution < 1.29 is 8.42 Å². The quantitative estimate of drug-likeness (QED) is 0.829. The van der Waals surface area contributed by atoms with Crippen LogP contribution in [0.5, 0.6) is 0 Å². The zero-order valence-corrected chi connectivity index (χ0v) is 11.8. The maximum Gasteiger partial charge on any atom is 0.268 e. The smallest absolute Gasteiger partial charge is 0.268 e. The van der Waals surface area contributed by atoms with E-state index in [-0.39, 0.29) is 23.6 Å². The Kier molecular flexibility index (Phi) is 4.24. The third kappa shape index (κ3) is 3.79. The van der Waals surface area contributed by atoms with Crippen LogP contribution in [-0.4, -0.2) is 35.7 Å². The number of sulfone groups is 1. The second-order valence-corrected chi connectivity index (χ2v) is 7.29. The zero-order chi connectivity index (χ0) is 13.9. The Labute approximate surface area is 112 Å². The summed E-state index contributed by atoms with van der Waals surface area (Å²) in [6.07, 6.45) is 5.05. The molecule has 0 radical (unpaired) electrons. The number of aromatic nitrogens is 2. The summed E-state index contributed by atoms with van der Waals surface area (Å²) < 4.78 is 24.0. The standard InChI is InChI=1S/C12H19N3O3S/c1-2-19(17,18)7-6-15-12(16)8-11(9-13-15)14-10-4-3-5-10/h8-10,14H,2-7H2,1H3. The van der Waals surface area contributed by atoms with E-state index < -0.39 is 9.84 Å². The number of anilines is 1. The van der Waals surface area contributed by atoms with E-state index in [9.17, 15) is 13.2 Å². The topological polar surface area (TPSA) is 81.1 Å². The van der Waals surface area contributed by atoms with Gasteiger partial charge in [-0.2, -0.15) is 5.10 Å². The van der Waals surface area contributed by atoms with Crippen LogP contribution in [0, 0.1) is 0 Å². The van der Waals surface area contributed by atoms with Gasteiger partial charge in [-0.3, -0.25) is 4.79 Å². The fourth-order valence-corrected chi connectivity index (χ4v) is 2.58. The minimum absolute atomic E-state index is 0.0498. The van der Waals surface area contributed by atoms with Gasteiger partial charge in [0.2, 0.25) is 0 Å². The molecule has 1 aromatic rings. The van der Waals surface area contributed by atoms with Gasteiger partial charge >= 0.3 is 0 Å². The molecule has 1 N–H and O–H groups in total. The predicted octanol–water partition coefficient (Wildman–Crippen LogP) is 0.642. The Hall–Kier alpha value is -1.37. The summed E-state index contributed by atoms with van der Waals surface area (Å²) in [5, 5.41) is 7.24. The van der Waals surface area contributed by atoms with E-state index in [0.29, 0.717) is 11.7 Å². The molecule has 1 heterocycles. The van der Waals surface area contributed by atoms with Gasteiger partial charge in [0, 0.05) is 17.9 Å². The summed E-state index contributed by atoms with van der Waals surface area (Å²) in [5.74, 6) is 0.0366. The highest BCUT2D eigenvalue weighted by Gasteiger charge is 2.17. The van der Waals surface area contributed by atoms with Gasteiger partial charge in [0.15, 0.2) is 9.84 Å². The molecule has 0 bridgehead atoms. The van der Waals surface area contributed by atoms with Crippen LogP contribution in [-0.2, 0) is 16.4 Å². The van der Waals surface area contributed by atoms with Gasteiger partial charge in [-0.15, -0.1) is 0 Å². The van der Waals surface area contributed by atoms with Crippen LogP contribution in [0.3, 0.4) is 0 Å². The van der Waals surface area contributed by atoms with Gasteiger partial charge in [0.25, 0.3) is 5.56 Å². The van der Waals surface area contributed by atoms with E-state index in [1.165, 1.54) is 17.2 Å². The SMILES string of the molecule is CCS(=O)(=O)CCn1ncc(NC2CCC2)cc1=O. The van der Waals surface area contributed by atoms with E-state index in [4.69, 9.17) is 0 Å². The zero-order valence-electron chi connectivity index (χ0n) is 11.0.